The molecular weight excluding hydrogens is 164 g/mol. The molecule has 13 heavy (non-hydrogen) atoms. The smallest absolute Gasteiger partial charge is 0.129 e. The van der Waals surface area contributed by atoms with Crippen LogP contribution in [0.25, 0.3) is 10.9 Å². The van der Waals surface area contributed by atoms with E-state index in [1.165, 1.54) is 0 Å². The third-order valence-corrected chi connectivity index (χ3v) is 2.05. The zero-order valence-corrected chi connectivity index (χ0v) is 7.36. The molecular formula is C9H10N4. The van der Waals surface area contributed by atoms with Gasteiger partial charge in [-0.05, 0) is 24.9 Å². The lowest BCUT2D eigenvalue weighted by Gasteiger charge is -1.92. The van der Waals surface area contributed by atoms with Crippen LogP contribution in [0.1, 0.15) is 0 Å². The number of aryl methyl sites for hydroxylation is 1. The van der Waals surface area contributed by atoms with Gasteiger partial charge in [-0.15, -0.1) is 0 Å². The molecule has 0 aliphatic carbocycles. The van der Waals surface area contributed by atoms with E-state index in [1.54, 1.807) is 4.68 Å². The monoisotopic (exact) mass is 174 g/mol. The first-order valence-electron chi connectivity index (χ1n) is 3.91. The maximum atomic E-state index is 5.78. The van der Waals surface area contributed by atoms with E-state index >= 15 is 0 Å². The van der Waals surface area contributed by atoms with Crippen LogP contribution in [0.3, 0.4) is 0 Å². The van der Waals surface area contributed by atoms with Crippen molar-refractivity contribution in [3.05, 3.63) is 18.2 Å². The molecule has 4 heteroatoms. The van der Waals surface area contributed by atoms with Gasteiger partial charge in [0.1, 0.15) is 5.82 Å². The summed E-state index contributed by atoms with van der Waals surface area (Å²) in [4.78, 5) is 3.82. The third kappa shape index (κ3) is 1.07. The van der Waals surface area contributed by atoms with Crippen molar-refractivity contribution in [2.75, 3.05) is 5.73 Å². The van der Waals surface area contributed by atoms with Crippen LogP contribution in [-0.2, 0) is 7.05 Å². The lowest BCUT2D eigenvalue weighted by Crippen LogP contribution is -1.96. The predicted octanol–water partition coefficient (Wildman–Crippen LogP) is 1.49. The van der Waals surface area contributed by atoms with Crippen LogP contribution >= 0.6 is 0 Å². The second-order valence-electron chi connectivity index (χ2n) is 2.87. The fourth-order valence-electron chi connectivity index (χ4n) is 1.31. The predicted molar refractivity (Wildman–Crippen MR) is 54.3 cm³/mol. The topological polar surface area (TPSA) is 56.2 Å². The Bertz CT molecular complexity index is 470. The molecule has 0 spiro atoms. The quantitative estimate of drug-likeness (QED) is 0.666. The van der Waals surface area contributed by atoms with E-state index in [-0.39, 0.29) is 0 Å². The first-order chi connectivity index (χ1) is 6.22. The molecule has 2 aromatic rings. The number of nitrogen functional groups attached to an aromatic ring is 1. The zero-order chi connectivity index (χ0) is 9.42. The van der Waals surface area contributed by atoms with Crippen molar-refractivity contribution in [3.8, 4) is 0 Å². The summed E-state index contributed by atoms with van der Waals surface area (Å²) in [6.45, 7) is 3.45. The van der Waals surface area contributed by atoms with Crippen molar-refractivity contribution in [2.24, 2.45) is 12.0 Å². The summed E-state index contributed by atoms with van der Waals surface area (Å²) in [6, 6.07) is 5.63. The van der Waals surface area contributed by atoms with Gasteiger partial charge in [0, 0.05) is 12.4 Å². The Labute approximate surface area is 75.7 Å². The lowest BCUT2D eigenvalue weighted by atomic mass is 10.2. The SMILES string of the molecule is C=Nc1ccc2c(N)n(C)nc2c1. The van der Waals surface area contributed by atoms with Crippen LogP contribution in [0.5, 0.6) is 0 Å². The number of rotatable bonds is 1. The fourth-order valence-corrected chi connectivity index (χ4v) is 1.31. The normalized spacial score (nSPS) is 10.5. The molecule has 0 radical (unpaired) electrons. The molecule has 0 aliphatic heterocycles. The summed E-state index contributed by atoms with van der Waals surface area (Å²) in [5.41, 5.74) is 7.45. The van der Waals surface area contributed by atoms with Gasteiger partial charge in [0.25, 0.3) is 0 Å². The van der Waals surface area contributed by atoms with Gasteiger partial charge in [-0.3, -0.25) is 9.67 Å². The highest BCUT2D eigenvalue weighted by molar-refractivity contribution is 5.90. The van der Waals surface area contributed by atoms with Crippen molar-refractivity contribution in [2.45, 2.75) is 0 Å². The van der Waals surface area contributed by atoms with Gasteiger partial charge < -0.3 is 5.73 Å². The van der Waals surface area contributed by atoms with Crippen molar-refractivity contribution in [1.82, 2.24) is 9.78 Å². The number of benzene rings is 1. The van der Waals surface area contributed by atoms with Crippen molar-refractivity contribution >= 4 is 29.1 Å². The summed E-state index contributed by atoms with van der Waals surface area (Å²) in [6.07, 6.45) is 0. The third-order valence-electron chi connectivity index (χ3n) is 2.05. The van der Waals surface area contributed by atoms with Gasteiger partial charge in [0.2, 0.25) is 0 Å². The molecule has 0 bridgehead atoms. The summed E-state index contributed by atoms with van der Waals surface area (Å²) in [5.74, 6) is 0.672. The molecule has 0 saturated carbocycles. The van der Waals surface area contributed by atoms with Gasteiger partial charge in [0.15, 0.2) is 0 Å². The molecule has 0 unspecified atom stereocenters. The highest BCUT2D eigenvalue weighted by atomic mass is 15.3. The Morgan fingerprint density at radius 2 is 2.31 bits per heavy atom. The molecule has 66 valence electrons. The number of fused-ring (bicyclic) bond motifs is 1. The number of aliphatic imine (C=N–C) groups is 1. The van der Waals surface area contributed by atoms with Crippen LogP contribution < -0.4 is 5.73 Å². The Hall–Kier alpha value is -1.84. The number of nitrogens with zero attached hydrogens (tertiary/aromatic N) is 3. The van der Waals surface area contributed by atoms with E-state index in [2.05, 4.69) is 16.8 Å². The first kappa shape index (κ1) is 7.79. The molecule has 1 heterocycles. The first-order valence-corrected chi connectivity index (χ1v) is 3.91. The van der Waals surface area contributed by atoms with Crippen LogP contribution in [0.2, 0.25) is 0 Å². The average molecular weight is 174 g/mol. The molecule has 0 amide bonds. The molecule has 1 aromatic heterocycles. The molecule has 0 atom stereocenters. The molecule has 0 saturated heterocycles. The maximum Gasteiger partial charge on any atom is 0.129 e. The van der Waals surface area contributed by atoms with Crippen LogP contribution in [-0.4, -0.2) is 16.5 Å². The van der Waals surface area contributed by atoms with Crippen molar-refractivity contribution in [3.63, 3.8) is 0 Å². The highest BCUT2D eigenvalue weighted by Gasteiger charge is 2.04. The number of aromatic nitrogens is 2. The summed E-state index contributed by atoms with van der Waals surface area (Å²) in [7, 11) is 1.82. The largest absolute Gasteiger partial charge is 0.383 e. The Balaban J connectivity index is 2.79. The highest BCUT2D eigenvalue weighted by Crippen LogP contribution is 2.23. The van der Waals surface area contributed by atoms with Crippen LogP contribution in [0.15, 0.2) is 23.2 Å². The fraction of sp³-hybridized carbons (Fsp3) is 0.111. The van der Waals surface area contributed by atoms with E-state index in [1.807, 2.05) is 25.2 Å². The number of anilines is 1. The maximum absolute atomic E-state index is 5.78. The van der Waals surface area contributed by atoms with Gasteiger partial charge in [-0.1, -0.05) is 0 Å². The number of hydrogen-bond donors (Lipinski definition) is 1. The molecule has 4 nitrogen and oxygen atoms in total. The minimum absolute atomic E-state index is 0.672. The Kier molecular flexibility index (Phi) is 1.55. The average Bonchev–Trinajstić information content (AvgIpc) is 2.42. The molecule has 0 aliphatic rings. The lowest BCUT2D eigenvalue weighted by molar-refractivity contribution is 0.791. The molecule has 2 rings (SSSR count). The van der Waals surface area contributed by atoms with Gasteiger partial charge >= 0.3 is 0 Å². The number of nitrogens with two attached hydrogens (primary N) is 1. The minimum Gasteiger partial charge on any atom is -0.383 e. The second-order valence-corrected chi connectivity index (χ2v) is 2.87. The van der Waals surface area contributed by atoms with Crippen molar-refractivity contribution < 1.29 is 0 Å². The molecule has 1 aromatic carbocycles. The molecule has 0 fully saturated rings. The summed E-state index contributed by atoms with van der Waals surface area (Å²) in [5, 5.41) is 5.18. The van der Waals surface area contributed by atoms with E-state index < -0.39 is 0 Å². The summed E-state index contributed by atoms with van der Waals surface area (Å²) >= 11 is 0. The zero-order valence-electron chi connectivity index (χ0n) is 7.36. The van der Waals surface area contributed by atoms with Gasteiger partial charge in [0.05, 0.1) is 11.2 Å². The van der Waals surface area contributed by atoms with E-state index in [4.69, 9.17) is 5.73 Å². The van der Waals surface area contributed by atoms with Gasteiger partial charge in [-0.2, -0.15) is 5.10 Å². The van der Waals surface area contributed by atoms with E-state index in [0.717, 1.165) is 16.6 Å². The van der Waals surface area contributed by atoms with E-state index in [9.17, 15) is 0 Å². The Morgan fingerprint density at radius 1 is 1.54 bits per heavy atom. The second kappa shape index (κ2) is 2.58. The standard InChI is InChI=1S/C9H10N4/c1-11-6-3-4-7-8(5-6)12-13(2)9(7)10/h3-5H,1,10H2,2H3. The molecule has 2 N–H and O–H groups in total. The Morgan fingerprint density at radius 3 is 3.00 bits per heavy atom. The minimum atomic E-state index is 0.672. The number of hydrogen-bond acceptors (Lipinski definition) is 3. The van der Waals surface area contributed by atoms with Crippen LogP contribution in [0.4, 0.5) is 11.5 Å². The van der Waals surface area contributed by atoms with Crippen molar-refractivity contribution in [1.29, 1.82) is 0 Å². The van der Waals surface area contributed by atoms with E-state index in [0.29, 0.717) is 5.82 Å². The van der Waals surface area contributed by atoms with Gasteiger partial charge in [-0.25, -0.2) is 0 Å². The summed E-state index contributed by atoms with van der Waals surface area (Å²) < 4.78 is 1.65. The van der Waals surface area contributed by atoms with Crippen LogP contribution in [0, 0.1) is 0 Å².